The number of nitrogens with one attached hydrogen (secondary N) is 1. The van der Waals surface area contributed by atoms with Gasteiger partial charge in [-0.25, -0.2) is 0 Å². The highest BCUT2D eigenvalue weighted by atomic mass is 35.5. The molecule has 1 aliphatic carbocycles. The highest BCUT2D eigenvalue weighted by molar-refractivity contribution is 6.22. The maximum Gasteiger partial charge on any atom is 0.118 e. The van der Waals surface area contributed by atoms with Crippen molar-refractivity contribution in [3.8, 4) is 11.1 Å². The van der Waals surface area contributed by atoms with E-state index in [1.54, 1.807) is 0 Å². The molecule has 3 aromatic rings. The van der Waals surface area contributed by atoms with Crippen LogP contribution in [0.2, 0.25) is 0 Å². The normalized spacial score (nSPS) is 16.1. The number of nitrogens with zero attached hydrogens (tertiary/aromatic N) is 2. The lowest BCUT2D eigenvalue weighted by Crippen LogP contribution is -1.98. The fraction of sp³-hybridized carbons (Fsp3) is 0.294. The number of aliphatic hydroxyl groups excluding tert-OH is 1. The molecule has 0 saturated heterocycles. The number of aliphatic hydroxyl groups is 1. The van der Waals surface area contributed by atoms with E-state index in [2.05, 4.69) is 21.5 Å². The Hall–Kier alpha value is -1.91. The first-order valence-corrected chi connectivity index (χ1v) is 7.89. The van der Waals surface area contributed by atoms with Gasteiger partial charge in [0.25, 0.3) is 0 Å². The molecule has 4 nitrogen and oxygen atoms in total. The average molecular weight is 314 g/mol. The first kappa shape index (κ1) is 13.7. The molecule has 1 aromatic heterocycles. The molecule has 4 rings (SSSR count). The van der Waals surface area contributed by atoms with Crippen molar-refractivity contribution in [1.82, 2.24) is 15.4 Å². The summed E-state index contributed by atoms with van der Waals surface area (Å²) < 4.78 is 0. The Morgan fingerprint density at radius 1 is 1.14 bits per heavy atom. The molecule has 5 heteroatoms. The van der Waals surface area contributed by atoms with Gasteiger partial charge in [0, 0.05) is 5.56 Å². The summed E-state index contributed by atoms with van der Waals surface area (Å²) in [6.45, 7) is 0.0513. The maximum atomic E-state index is 9.19. The summed E-state index contributed by atoms with van der Waals surface area (Å²) in [6.07, 6.45) is 2.34. The Labute approximate surface area is 133 Å². The highest BCUT2D eigenvalue weighted by Crippen LogP contribution is 2.49. The smallest absolute Gasteiger partial charge is 0.118 e. The maximum absolute atomic E-state index is 9.19. The zero-order chi connectivity index (χ0) is 15.1. The molecule has 0 spiro atoms. The van der Waals surface area contributed by atoms with Gasteiger partial charge in [0.15, 0.2) is 0 Å². The van der Waals surface area contributed by atoms with Gasteiger partial charge < -0.3 is 5.11 Å². The van der Waals surface area contributed by atoms with E-state index in [4.69, 9.17) is 11.6 Å². The first-order chi connectivity index (χ1) is 10.8. The van der Waals surface area contributed by atoms with Crippen molar-refractivity contribution in [2.45, 2.75) is 24.8 Å². The summed E-state index contributed by atoms with van der Waals surface area (Å²) in [7, 11) is 0. The lowest BCUT2D eigenvalue weighted by molar-refractivity contribution is 0.282. The second-order valence-electron chi connectivity index (χ2n) is 5.81. The quantitative estimate of drug-likeness (QED) is 0.720. The van der Waals surface area contributed by atoms with Crippen molar-refractivity contribution in [2.75, 3.05) is 0 Å². The Bertz CT molecular complexity index is 808. The molecule has 112 valence electrons. The van der Waals surface area contributed by atoms with E-state index >= 15 is 0 Å². The fourth-order valence-corrected chi connectivity index (χ4v) is 3.35. The van der Waals surface area contributed by atoms with Crippen LogP contribution in [0.25, 0.3) is 22.2 Å². The number of hydrogen-bond acceptors (Lipinski definition) is 3. The van der Waals surface area contributed by atoms with Crippen LogP contribution in [0.3, 0.4) is 0 Å². The zero-order valence-electron chi connectivity index (χ0n) is 12.0. The summed E-state index contributed by atoms with van der Waals surface area (Å²) in [6, 6.07) is 11.9. The number of alkyl halides is 1. The van der Waals surface area contributed by atoms with Crippen LogP contribution in [-0.4, -0.2) is 20.5 Å². The van der Waals surface area contributed by atoms with Gasteiger partial charge in [0.05, 0.1) is 12.0 Å². The van der Waals surface area contributed by atoms with Crippen LogP contribution in [0.1, 0.15) is 29.3 Å². The monoisotopic (exact) mass is 313 g/mol. The second-order valence-corrected chi connectivity index (χ2v) is 6.28. The number of aromatic amines is 1. The summed E-state index contributed by atoms with van der Waals surface area (Å²) in [4.78, 5) is 0. The van der Waals surface area contributed by atoms with Crippen LogP contribution in [0.15, 0.2) is 36.4 Å². The number of rotatable bonds is 4. The molecular formula is C17H16ClN3O. The Morgan fingerprint density at radius 3 is 2.59 bits per heavy atom. The lowest BCUT2D eigenvalue weighted by atomic mass is 9.94. The van der Waals surface area contributed by atoms with E-state index in [-0.39, 0.29) is 12.0 Å². The van der Waals surface area contributed by atoms with E-state index in [1.807, 2.05) is 30.3 Å². The van der Waals surface area contributed by atoms with E-state index in [1.165, 1.54) is 12.8 Å². The Kier molecular flexibility index (Phi) is 3.36. The number of fused-ring (bicyclic) bond motifs is 1. The van der Waals surface area contributed by atoms with Crippen LogP contribution in [0.5, 0.6) is 0 Å². The lowest BCUT2D eigenvalue weighted by Gasteiger charge is -2.15. The van der Waals surface area contributed by atoms with Crippen molar-refractivity contribution < 1.29 is 5.11 Å². The van der Waals surface area contributed by atoms with Gasteiger partial charge in [0.2, 0.25) is 0 Å². The first-order valence-electron chi connectivity index (χ1n) is 7.45. The summed E-state index contributed by atoms with van der Waals surface area (Å²) in [5.41, 5.74) is 5.85. The van der Waals surface area contributed by atoms with Gasteiger partial charge in [-0.15, -0.1) is 11.6 Å². The third-order valence-corrected chi connectivity index (χ3v) is 4.86. The molecule has 0 radical (unpaired) electrons. The van der Waals surface area contributed by atoms with Crippen molar-refractivity contribution in [3.05, 3.63) is 47.5 Å². The molecule has 2 N–H and O–H groups in total. The second kappa shape index (κ2) is 5.38. The number of hydrogen-bond donors (Lipinski definition) is 2. The standard InChI is InChI=1S/C17H16ClN3O/c18-16(12-5-6-12)15-13(7-8-14-17(15)20-21-19-14)11-3-1-10(9-22)2-4-11/h1-4,7-8,12,16,22H,5-6,9H2,(H,19,20,21). The molecule has 1 heterocycles. The van der Waals surface area contributed by atoms with Crippen LogP contribution < -0.4 is 0 Å². The van der Waals surface area contributed by atoms with Gasteiger partial charge >= 0.3 is 0 Å². The van der Waals surface area contributed by atoms with E-state index in [0.29, 0.717) is 5.92 Å². The molecule has 1 atom stereocenters. The summed E-state index contributed by atoms with van der Waals surface area (Å²) >= 11 is 6.73. The molecule has 1 fully saturated rings. The van der Waals surface area contributed by atoms with Gasteiger partial charge in [-0.3, -0.25) is 0 Å². The zero-order valence-corrected chi connectivity index (χ0v) is 12.7. The van der Waals surface area contributed by atoms with Crippen molar-refractivity contribution in [1.29, 1.82) is 0 Å². The number of aromatic nitrogens is 3. The van der Waals surface area contributed by atoms with E-state index < -0.39 is 0 Å². The van der Waals surface area contributed by atoms with Gasteiger partial charge in [0.1, 0.15) is 11.0 Å². The predicted molar refractivity (Wildman–Crippen MR) is 86.6 cm³/mol. The molecule has 22 heavy (non-hydrogen) atoms. The van der Waals surface area contributed by atoms with Crippen molar-refractivity contribution in [3.63, 3.8) is 0 Å². The largest absolute Gasteiger partial charge is 0.392 e. The third-order valence-electron chi connectivity index (χ3n) is 4.29. The summed E-state index contributed by atoms with van der Waals surface area (Å²) in [5, 5.41) is 20.3. The Balaban J connectivity index is 1.89. The van der Waals surface area contributed by atoms with Gasteiger partial charge in [-0.05, 0) is 41.5 Å². The van der Waals surface area contributed by atoms with Crippen LogP contribution in [0.4, 0.5) is 0 Å². The molecule has 0 amide bonds. The molecular weight excluding hydrogens is 298 g/mol. The summed E-state index contributed by atoms with van der Waals surface area (Å²) in [5.74, 6) is 0.527. The van der Waals surface area contributed by atoms with E-state index in [0.717, 1.165) is 33.3 Å². The van der Waals surface area contributed by atoms with Crippen molar-refractivity contribution >= 4 is 22.6 Å². The molecule has 1 unspecified atom stereocenters. The van der Waals surface area contributed by atoms with Crippen LogP contribution in [-0.2, 0) is 6.61 Å². The minimum absolute atomic E-state index is 0.0404. The van der Waals surface area contributed by atoms with Gasteiger partial charge in [-0.1, -0.05) is 30.3 Å². The average Bonchev–Trinajstić information content (AvgIpc) is 3.31. The minimum atomic E-state index is -0.0404. The SMILES string of the molecule is OCc1ccc(-c2ccc3n[nH]nc3c2C(Cl)C2CC2)cc1. The number of benzene rings is 2. The molecule has 2 aromatic carbocycles. The van der Waals surface area contributed by atoms with E-state index in [9.17, 15) is 5.11 Å². The molecule has 0 bridgehead atoms. The predicted octanol–water partition coefficient (Wildman–Crippen LogP) is 3.81. The molecule has 0 aliphatic heterocycles. The number of H-pyrrole nitrogens is 1. The molecule has 1 aliphatic rings. The third kappa shape index (κ3) is 2.28. The highest BCUT2D eigenvalue weighted by Gasteiger charge is 2.34. The van der Waals surface area contributed by atoms with Gasteiger partial charge in [-0.2, -0.15) is 15.4 Å². The van der Waals surface area contributed by atoms with Crippen LogP contribution >= 0.6 is 11.6 Å². The fourth-order valence-electron chi connectivity index (χ4n) is 2.88. The Morgan fingerprint density at radius 2 is 1.91 bits per heavy atom. The molecule has 1 saturated carbocycles. The van der Waals surface area contributed by atoms with Crippen molar-refractivity contribution in [2.24, 2.45) is 5.92 Å². The topological polar surface area (TPSA) is 61.8 Å². The van der Waals surface area contributed by atoms with Crippen LogP contribution in [0, 0.1) is 5.92 Å². The number of halogens is 1. The minimum Gasteiger partial charge on any atom is -0.392 e.